The van der Waals surface area contributed by atoms with Gasteiger partial charge in [-0.1, -0.05) is 0 Å². The van der Waals surface area contributed by atoms with Crippen LogP contribution in [0.5, 0.6) is 11.5 Å². The number of hydrogen-bond donors (Lipinski definition) is 0. The SMILES string of the molecule is Cc1nc2c(C#N)cnn2c(C)c1CCC(=O)N1CCC(C(=O)c2ccc3c(c2)OCCO3)CC1. The number of likely N-dealkylation sites (tertiary alicyclic amines) is 1. The van der Waals surface area contributed by atoms with Gasteiger partial charge in [-0.3, -0.25) is 9.59 Å². The van der Waals surface area contributed by atoms with Crippen LogP contribution in [0.25, 0.3) is 5.65 Å². The third-order valence-corrected chi connectivity index (χ3v) is 6.96. The van der Waals surface area contributed by atoms with Crippen LogP contribution in [0, 0.1) is 31.1 Å². The van der Waals surface area contributed by atoms with E-state index in [9.17, 15) is 14.9 Å². The second-order valence-electron chi connectivity index (χ2n) is 9.04. The van der Waals surface area contributed by atoms with Crippen molar-refractivity contribution in [1.29, 1.82) is 5.26 Å². The maximum atomic E-state index is 13.0. The van der Waals surface area contributed by atoms with Crippen molar-refractivity contribution in [3.63, 3.8) is 0 Å². The number of amides is 1. The molecule has 0 radical (unpaired) electrons. The average Bonchev–Trinajstić information content (AvgIpc) is 3.30. The normalized spacial score (nSPS) is 15.7. The number of hydrogen-bond acceptors (Lipinski definition) is 7. The van der Waals surface area contributed by atoms with Crippen LogP contribution in [-0.2, 0) is 11.2 Å². The molecule has 3 aromatic rings. The highest BCUT2D eigenvalue weighted by Crippen LogP contribution is 2.32. The zero-order valence-electron chi connectivity index (χ0n) is 19.9. The molecule has 1 amide bonds. The molecule has 0 bridgehead atoms. The highest BCUT2D eigenvalue weighted by Gasteiger charge is 2.29. The number of carbonyl (C=O) groups is 2. The first kappa shape index (κ1) is 22.8. The Balaban J connectivity index is 1.19. The number of benzene rings is 1. The Labute approximate surface area is 203 Å². The van der Waals surface area contributed by atoms with Crippen molar-refractivity contribution in [2.75, 3.05) is 26.3 Å². The number of Topliss-reactive ketones (excluding diaryl/α,β-unsaturated/α-hetero) is 1. The molecule has 0 saturated carbocycles. The summed E-state index contributed by atoms with van der Waals surface area (Å²) in [4.78, 5) is 32.4. The minimum absolute atomic E-state index is 0.0762. The molecule has 1 aromatic carbocycles. The summed E-state index contributed by atoms with van der Waals surface area (Å²) >= 11 is 0. The molecule has 9 heteroatoms. The van der Waals surface area contributed by atoms with Gasteiger partial charge in [0.2, 0.25) is 5.91 Å². The molecule has 4 heterocycles. The molecule has 0 spiro atoms. The average molecular weight is 474 g/mol. The van der Waals surface area contributed by atoms with Gasteiger partial charge in [0, 0.05) is 42.4 Å². The second kappa shape index (κ2) is 9.37. The Morgan fingerprint density at radius 3 is 2.63 bits per heavy atom. The molecule has 0 unspecified atom stereocenters. The van der Waals surface area contributed by atoms with Gasteiger partial charge in [0.05, 0.1) is 6.20 Å². The molecule has 0 N–H and O–H groups in total. The monoisotopic (exact) mass is 473 g/mol. The molecular formula is C26H27N5O4. The molecule has 0 aliphatic carbocycles. The van der Waals surface area contributed by atoms with Crippen LogP contribution < -0.4 is 9.47 Å². The van der Waals surface area contributed by atoms with Crippen molar-refractivity contribution in [3.8, 4) is 17.6 Å². The first-order chi connectivity index (χ1) is 17.0. The topological polar surface area (TPSA) is 110 Å². The van der Waals surface area contributed by atoms with Gasteiger partial charge in [0.25, 0.3) is 0 Å². The zero-order chi connectivity index (χ0) is 24.5. The van der Waals surface area contributed by atoms with Crippen LogP contribution in [0.4, 0.5) is 0 Å². The molecule has 35 heavy (non-hydrogen) atoms. The van der Waals surface area contributed by atoms with Crippen LogP contribution >= 0.6 is 0 Å². The number of aromatic nitrogens is 3. The van der Waals surface area contributed by atoms with Crippen LogP contribution in [0.1, 0.15) is 52.1 Å². The first-order valence-electron chi connectivity index (χ1n) is 11.9. The fourth-order valence-electron chi connectivity index (χ4n) is 4.97. The largest absolute Gasteiger partial charge is 0.486 e. The summed E-state index contributed by atoms with van der Waals surface area (Å²) < 4.78 is 12.8. The fraction of sp³-hybridized carbons (Fsp3) is 0.423. The lowest BCUT2D eigenvalue weighted by Gasteiger charge is -2.31. The van der Waals surface area contributed by atoms with E-state index >= 15 is 0 Å². The minimum Gasteiger partial charge on any atom is -0.486 e. The van der Waals surface area contributed by atoms with Gasteiger partial charge >= 0.3 is 0 Å². The summed E-state index contributed by atoms with van der Waals surface area (Å²) in [7, 11) is 0. The van der Waals surface area contributed by atoms with Crippen LogP contribution in [-0.4, -0.2) is 57.5 Å². The van der Waals surface area contributed by atoms with Gasteiger partial charge in [-0.2, -0.15) is 10.4 Å². The minimum atomic E-state index is -0.105. The van der Waals surface area contributed by atoms with E-state index in [1.165, 1.54) is 6.20 Å². The van der Waals surface area contributed by atoms with Crippen molar-refractivity contribution in [2.24, 2.45) is 5.92 Å². The predicted octanol–water partition coefficient (Wildman–Crippen LogP) is 3.04. The number of nitrogens with zero attached hydrogens (tertiary/aromatic N) is 5. The van der Waals surface area contributed by atoms with Crippen molar-refractivity contribution >= 4 is 17.3 Å². The van der Waals surface area contributed by atoms with E-state index in [0.29, 0.717) is 80.3 Å². The quantitative estimate of drug-likeness (QED) is 0.524. The molecule has 0 atom stereocenters. The number of aryl methyl sites for hydroxylation is 2. The Hall–Kier alpha value is -3.93. The molecule has 1 saturated heterocycles. The van der Waals surface area contributed by atoms with Gasteiger partial charge in [-0.25, -0.2) is 9.50 Å². The number of ether oxygens (including phenoxy) is 2. The first-order valence-corrected chi connectivity index (χ1v) is 11.9. The Morgan fingerprint density at radius 2 is 1.89 bits per heavy atom. The van der Waals surface area contributed by atoms with Crippen LogP contribution in [0.15, 0.2) is 24.4 Å². The van der Waals surface area contributed by atoms with Crippen molar-refractivity contribution < 1.29 is 19.1 Å². The van der Waals surface area contributed by atoms with Crippen LogP contribution in [0.2, 0.25) is 0 Å². The van der Waals surface area contributed by atoms with E-state index in [4.69, 9.17) is 9.47 Å². The zero-order valence-corrected chi connectivity index (χ0v) is 19.9. The maximum Gasteiger partial charge on any atom is 0.222 e. The van der Waals surface area contributed by atoms with Crippen LogP contribution in [0.3, 0.4) is 0 Å². The predicted molar refractivity (Wildman–Crippen MR) is 127 cm³/mol. The van der Waals surface area contributed by atoms with Gasteiger partial charge < -0.3 is 14.4 Å². The van der Waals surface area contributed by atoms with Gasteiger partial charge in [-0.05, 0) is 56.9 Å². The second-order valence-corrected chi connectivity index (χ2v) is 9.04. The molecule has 1 fully saturated rings. The molecular weight excluding hydrogens is 446 g/mol. The van der Waals surface area contributed by atoms with E-state index < -0.39 is 0 Å². The molecule has 2 aliphatic heterocycles. The van der Waals surface area contributed by atoms with Crippen molar-refractivity contribution in [2.45, 2.75) is 39.5 Å². The maximum absolute atomic E-state index is 13.0. The number of rotatable bonds is 5. The summed E-state index contributed by atoms with van der Waals surface area (Å²) in [6, 6.07) is 7.46. The summed E-state index contributed by atoms with van der Waals surface area (Å²) in [6.45, 7) is 5.97. The lowest BCUT2D eigenvalue weighted by Crippen LogP contribution is -2.40. The highest BCUT2D eigenvalue weighted by molar-refractivity contribution is 5.98. The Kier molecular flexibility index (Phi) is 6.12. The van der Waals surface area contributed by atoms with Crippen molar-refractivity contribution in [3.05, 3.63) is 52.5 Å². The smallest absolute Gasteiger partial charge is 0.222 e. The lowest BCUT2D eigenvalue weighted by atomic mass is 9.88. The van der Waals surface area contributed by atoms with E-state index in [0.717, 1.165) is 17.0 Å². The van der Waals surface area contributed by atoms with Gasteiger partial charge in [0.15, 0.2) is 22.9 Å². The van der Waals surface area contributed by atoms with E-state index in [-0.39, 0.29) is 17.6 Å². The van der Waals surface area contributed by atoms with Gasteiger partial charge in [0.1, 0.15) is 24.8 Å². The number of carbonyl (C=O) groups excluding carboxylic acids is 2. The summed E-state index contributed by atoms with van der Waals surface area (Å²) in [5.41, 5.74) is 4.29. The van der Waals surface area contributed by atoms with E-state index in [2.05, 4.69) is 16.2 Å². The fourth-order valence-corrected chi connectivity index (χ4v) is 4.97. The molecule has 180 valence electrons. The summed E-state index contributed by atoms with van der Waals surface area (Å²) in [5.74, 6) is 1.35. The standard InChI is InChI=1S/C26H27N5O4/c1-16-21(17(2)31-26(29-16)20(14-27)15-28-31)4-6-24(32)30-9-7-18(8-10-30)25(33)19-3-5-22-23(13-19)35-12-11-34-22/h3,5,13,15,18H,4,6-12H2,1-2H3. The molecule has 5 rings (SSSR count). The Bertz CT molecular complexity index is 1350. The number of nitriles is 1. The third kappa shape index (κ3) is 4.32. The number of fused-ring (bicyclic) bond motifs is 2. The number of ketones is 1. The van der Waals surface area contributed by atoms with Crippen molar-refractivity contribution in [1.82, 2.24) is 19.5 Å². The lowest BCUT2D eigenvalue weighted by molar-refractivity contribution is -0.132. The Morgan fingerprint density at radius 1 is 1.14 bits per heavy atom. The third-order valence-electron chi connectivity index (χ3n) is 6.96. The van der Waals surface area contributed by atoms with E-state index in [1.54, 1.807) is 22.7 Å². The van der Waals surface area contributed by atoms with Gasteiger partial charge in [-0.15, -0.1) is 0 Å². The summed E-state index contributed by atoms with van der Waals surface area (Å²) in [6.07, 6.45) is 3.73. The molecule has 2 aliphatic rings. The molecule has 9 nitrogen and oxygen atoms in total. The number of piperidine rings is 1. The molecule has 2 aromatic heterocycles. The summed E-state index contributed by atoms with van der Waals surface area (Å²) in [5, 5.41) is 13.5. The highest BCUT2D eigenvalue weighted by atomic mass is 16.6. The van der Waals surface area contributed by atoms with E-state index in [1.807, 2.05) is 18.7 Å².